The summed E-state index contributed by atoms with van der Waals surface area (Å²) in [5.74, 6) is 0.319. The van der Waals surface area contributed by atoms with Crippen LogP contribution in [0, 0.1) is 0 Å². The van der Waals surface area contributed by atoms with E-state index in [9.17, 15) is 0 Å². The first kappa shape index (κ1) is 24.8. The van der Waals surface area contributed by atoms with Crippen LogP contribution in [0.15, 0.2) is 107 Å². The second kappa shape index (κ2) is 11.7. The average molecular weight is 462 g/mol. The second-order valence-electron chi connectivity index (χ2n) is 6.34. The molecule has 3 aromatic carbocycles. The topological polar surface area (TPSA) is 0 Å². The Morgan fingerprint density at radius 1 is 0.607 bits per heavy atom. The van der Waals surface area contributed by atoms with Crippen molar-refractivity contribution >= 4 is 5.57 Å². The van der Waals surface area contributed by atoms with Crippen molar-refractivity contribution in [2.75, 3.05) is 0 Å². The molecule has 0 atom stereocenters. The Bertz CT molecular complexity index is 880. The van der Waals surface area contributed by atoms with Crippen LogP contribution in [-0.4, -0.2) is 0 Å². The maximum absolute atomic E-state index is 2.39. The van der Waals surface area contributed by atoms with Crippen LogP contribution in [0.5, 0.6) is 0 Å². The molecule has 0 N–H and O–H groups in total. The molecule has 0 aliphatic heterocycles. The van der Waals surface area contributed by atoms with Crippen LogP contribution in [0.25, 0.3) is 5.57 Å². The number of hydrogen-bond acceptors (Lipinski definition) is 0. The molecule has 0 fully saturated rings. The first-order chi connectivity index (χ1) is 12.3. The second-order valence-corrected chi connectivity index (χ2v) is 7.12. The zero-order chi connectivity index (χ0) is 17.1. The molecule has 0 aromatic heterocycles. The Morgan fingerprint density at radius 3 is 1.50 bits per heavy atom. The molecular formula is C24H19Cl3Ti. The monoisotopic (exact) mass is 460 g/mol. The third kappa shape index (κ3) is 5.20. The fourth-order valence-electron chi connectivity index (χ4n) is 3.62. The molecule has 0 saturated carbocycles. The summed E-state index contributed by atoms with van der Waals surface area (Å²) >= 11 is 2.28. The Hall–Kier alpha value is -1.28. The molecule has 1 aliphatic carbocycles. The normalized spacial score (nSPS) is 12.6. The number of halogens is 3. The molecule has 3 aromatic rings. The molecule has 0 saturated heterocycles. The predicted molar refractivity (Wildman–Crippen MR) is 101 cm³/mol. The van der Waals surface area contributed by atoms with E-state index in [4.69, 9.17) is 0 Å². The molecule has 0 spiro atoms. The summed E-state index contributed by atoms with van der Waals surface area (Å²) in [4.78, 5) is 0. The number of rotatable bonds is 4. The summed E-state index contributed by atoms with van der Waals surface area (Å²) in [5, 5.41) is 0. The van der Waals surface area contributed by atoms with Gasteiger partial charge >= 0.3 is 162 Å². The molecule has 28 heavy (non-hydrogen) atoms. The van der Waals surface area contributed by atoms with E-state index in [-0.39, 0.29) is 37.2 Å². The minimum absolute atomic E-state index is 0. The van der Waals surface area contributed by atoms with Gasteiger partial charge in [-0.2, -0.15) is 0 Å². The predicted octanol–water partition coefficient (Wildman–Crippen LogP) is -2.88. The Kier molecular flexibility index (Phi) is 10.3. The quantitative estimate of drug-likeness (QED) is 0.367. The van der Waals surface area contributed by atoms with Crippen LogP contribution in [0.4, 0.5) is 0 Å². The van der Waals surface area contributed by atoms with E-state index in [1.165, 1.54) is 31.7 Å². The van der Waals surface area contributed by atoms with E-state index in [2.05, 4.69) is 118 Å². The van der Waals surface area contributed by atoms with E-state index in [0.29, 0.717) is 5.92 Å². The van der Waals surface area contributed by atoms with E-state index in [1.807, 2.05) is 0 Å². The van der Waals surface area contributed by atoms with Gasteiger partial charge in [-0.3, -0.25) is 0 Å². The number of benzene rings is 3. The average Bonchev–Trinajstić information content (AvgIpc) is 3.06. The van der Waals surface area contributed by atoms with E-state index in [1.54, 1.807) is 0 Å². The summed E-state index contributed by atoms with van der Waals surface area (Å²) in [6.07, 6.45) is 3.41. The van der Waals surface area contributed by atoms with Gasteiger partial charge in [-0.25, -0.2) is 0 Å². The molecule has 0 bridgehead atoms. The van der Waals surface area contributed by atoms with Crippen LogP contribution in [-0.2, 0) is 20.4 Å². The van der Waals surface area contributed by atoms with Crippen molar-refractivity contribution in [1.82, 2.24) is 0 Å². The van der Waals surface area contributed by atoms with Gasteiger partial charge in [0.25, 0.3) is 0 Å². The van der Waals surface area contributed by atoms with Crippen LogP contribution < -0.4 is 37.2 Å². The van der Waals surface area contributed by atoms with Crippen molar-refractivity contribution in [3.8, 4) is 0 Å². The molecule has 0 radical (unpaired) electrons. The Balaban J connectivity index is 0.00000131. The van der Waals surface area contributed by atoms with Crippen molar-refractivity contribution in [3.63, 3.8) is 0 Å². The summed E-state index contributed by atoms with van der Waals surface area (Å²) in [6, 6.07) is 32.5. The minimum atomic E-state index is 0. The Labute approximate surface area is 197 Å². The SMILES string of the molecule is [Cl-].[Cl-].[Cl-].[Ti+3][C]1=C(C(c2ccccc2)c2ccccc2)CC=C1c1ccccc1. The zero-order valence-corrected chi connectivity index (χ0v) is 19.0. The van der Waals surface area contributed by atoms with Crippen molar-refractivity contribution in [1.29, 1.82) is 0 Å². The third-order valence-electron chi connectivity index (χ3n) is 4.82. The first-order valence-corrected chi connectivity index (χ1v) is 9.43. The third-order valence-corrected chi connectivity index (χ3v) is 5.74. The maximum atomic E-state index is 2.39. The van der Waals surface area contributed by atoms with E-state index < -0.39 is 0 Å². The van der Waals surface area contributed by atoms with Crippen LogP contribution in [0.3, 0.4) is 0 Å². The van der Waals surface area contributed by atoms with Crippen molar-refractivity contribution < 1.29 is 57.7 Å². The van der Waals surface area contributed by atoms with Crippen molar-refractivity contribution in [3.05, 3.63) is 123 Å². The van der Waals surface area contributed by atoms with Gasteiger partial charge in [-0.1, -0.05) is 0 Å². The molecule has 0 unspecified atom stereocenters. The van der Waals surface area contributed by atoms with Crippen LogP contribution in [0.1, 0.15) is 29.0 Å². The van der Waals surface area contributed by atoms with Gasteiger partial charge in [0.1, 0.15) is 0 Å². The molecule has 4 heteroatoms. The van der Waals surface area contributed by atoms with Gasteiger partial charge in [0, 0.05) is 0 Å². The van der Waals surface area contributed by atoms with Gasteiger partial charge < -0.3 is 37.2 Å². The van der Waals surface area contributed by atoms with Crippen LogP contribution >= 0.6 is 0 Å². The standard InChI is InChI=1S/C24H19.3ClH.Ti/c1-4-10-19(11-5-1)22-16-17-23(18-22)24(20-12-6-2-7-13-20)21-14-8-3-9-15-21;;;;/h1-16,24H,17H2;3*1H;/q;;;;+3/p-3. The fraction of sp³-hybridized carbons (Fsp3) is 0.0833. The van der Waals surface area contributed by atoms with E-state index >= 15 is 0 Å². The van der Waals surface area contributed by atoms with Gasteiger partial charge in [-0.05, 0) is 0 Å². The molecule has 1 aliphatic rings. The zero-order valence-electron chi connectivity index (χ0n) is 15.2. The summed E-state index contributed by atoms with van der Waals surface area (Å²) in [5.41, 5.74) is 6.94. The summed E-state index contributed by atoms with van der Waals surface area (Å²) in [6.45, 7) is 0. The van der Waals surface area contributed by atoms with Gasteiger partial charge in [-0.15, -0.1) is 0 Å². The number of allylic oxidation sites excluding steroid dienone is 4. The van der Waals surface area contributed by atoms with Gasteiger partial charge in [0.05, 0.1) is 0 Å². The Morgan fingerprint density at radius 2 is 1.04 bits per heavy atom. The van der Waals surface area contributed by atoms with Gasteiger partial charge in [0.15, 0.2) is 0 Å². The molecule has 0 nitrogen and oxygen atoms in total. The summed E-state index contributed by atoms with van der Waals surface area (Å²) in [7, 11) is 0. The van der Waals surface area contributed by atoms with Crippen molar-refractivity contribution in [2.24, 2.45) is 0 Å². The first-order valence-electron chi connectivity index (χ1n) is 8.65. The summed E-state index contributed by atoms with van der Waals surface area (Å²) < 4.78 is 1.42. The molecule has 4 rings (SSSR count). The molecule has 0 amide bonds. The van der Waals surface area contributed by atoms with Gasteiger partial charge in [0.2, 0.25) is 0 Å². The van der Waals surface area contributed by atoms with Crippen molar-refractivity contribution in [2.45, 2.75) is 12.3 Å². The molecule has 140 valence electrons. The molecule has 0 heterocycles. The fourth-order valence-corrected chi connectivity index (χ4v) is 4.39. The molecular weight excluding hydrogens is 442 g/mol. The van der Waals surface area contributed by atoms with Crippen LogP contribution in [0.2, 0.25) is 0 Å². The van der Waals surface area contributed by atoms with E-state index in [0.717, 1.165) is 6.42 Å². The number of hydrogen-bond donors (Lipinski definition) is 0.